The topological polar surface area (TPSA) is 104 Å². The van der Waals surface area contributed by atoms with Gasteiger partial charge in [0, 0.05) is 13.1 Å². The molecule has 11 heteroatoms. The van der Waals surface area contributed by atoms with Crippen LogP contribution < -0.4 is 0 Å². The second-order valence-electron chi connectivity index (χ2n) is 9.19. The van der Waals surface area contributed by atoms with Gasteiger partial charge in [-0.1, -0.05) is 54.6 Å². The van der Waals surface area contributed by atoms with Crippen molar-refractivity contribution >= 4 is 23.8 Å². The number of carbonyl (C=O) groups excluding carboxylic acids is 3. The number of nitrogens with zero attached hydrogens (tertiary/aromatic N) is 2. The molecule has 5 rings (SSSR count). The summed E-state index contributed by atoms with van der Waals surface area (Å²) in [5, 5.41) is 7.12. The van der Waals surface area contributed by atoms with Gasteiger partial charge in [0.1, 0.15) is 5.54 Å². The van der Waals surface area contributed by atoms with E-state index in [1.807, 2.05) is 42.5 Å². The number of methoxy groups -OCH3 is 1. The molecular weight excluding hydrogens is 493 g/mol. The maximum Gasteiger partial charge on any atom is 0.490 e. The van der Waals surface area contributed by atoms with Gasteiger partial charge in [0.2, 0.25) is 11.8 Å². The number of fused-ring (bicyclic) bond motifs is 3. The van der Waals surface area contributed by atoms with Crippen molar-refractivity contribution < 1.29 is 42.2 Å². The molecule has 2 aromatic rings. The van der Waals surface area contributed by atoms with Gasteiger partial charge < -0.3 is 9.84 Å². The number of alkyl halides is 3. The summed E-state index contributed by atoms with van der Waals surface area (Å²) in [5.41, 5.74) is 2.10. The smallest absolute Gasteiger partial charge is 0.475 e. The molecule has 1 N–H and O–H groups in total. The average Bonchev–Trinajstić information content (AvgIpc) is 3.50. The molecule has 2 aromatic carbocycles. The Kier molecular flexibility index (Phi) is 6.85. The summed E-state index contributed by atoms with van der Waals surface area (Å²) >= 11 is 0. The summed E-state index contributed by atoms with van der Waals surface area (Å²) in [6.45, 7) is 0.664. The molecule has 4 atom stereocenters. The van der Waals surface area contributed by atoms with Crippen LogP contribution in [0.3, 0.4) is 0 Å². The monoisotopic (exact) mass is 518 g/mol. The predicted octanol–water partition coefficient (Wildman–Crippen LogP) is 3.28. The van der Waals surface area contributed by atoms with Crippen molar-refractivity contribution in [1.82, 2.24) is 9.80 Å². The van der Waals surface area contributed by atoms with Crippen molar-refractivity contribution in [1.29, 1.82) is 0 Å². The van der Waals surface area contributed by atoms with E-state index in [9.17, 15) is 27.6 Å². The van der Waals surface area contributed by atoms with Crippen LogP contribution in [-0.2, 0) is 23.9 Å². The molecule has 3 aliphatic rings. The van der Waals surface area contributed by atoms with Gasteiger partial charge >= 0.3 is 18.1 Å². The van der Waals surface area contributed by atoms with Gasteiger partial charge in [-0.15, -0.1) is 0 Å². The number of benzene rings is 2. The molecule has 3 aliphatic heterocycles. The third-order valence-corrected chi connectivity index (χ3v) is 7.37. The molecule has 0 aliphatic carbocycles. The van der Waals surface area contributed by atoms with Gasteiger partial charge in [-0.05, 0) is 36.1 Å². The highest BCUT2D eigenvalue weighted by Gasteiger charge is 2.72. The third-order valence-electron chi connectivity index (χ3n) is 7.37. The molecule has 0 radical (unpaired) electrons. The first-order valence-electron chi connectivity index (χ1n) is 11.6. The Balaban J connectivity index is 0.000000405. The first-order valence-corrected chi connectivity index (χ1v) is 11.6. The highest BCUT2D eigenvalue weighted by molar-refractivity contribution is 6.09. The number of imide groups is 1. The highest BCUT2D eigenvalue weighted by Crippen LogP contribution is 2.59. The average molecular weight is 518 g/mol. The summed E-state index contributed by atoms with van der Waals surface area (Å²) in [7, 11) is 2.87. The van der Waals surface area contributed by atoms with E-state index in [2.05, 4.69) is 17.0 Å². The zero-order valence-electron chi connectivity index (χ0n) is 20.1. The fraction of sp³-hybridized carbons (Fsp3) is 0.385. The zero-order valence-corrected chi connectivity index (χ0v) is 20.1. The second-order valence-corrected chi connectivity index (χ2v) is 9.19. The van der Waals surface area contributed by atoms with Gasteiger partial charge in [0.25, 0.3) is 0 Å². The highest BCUT2D eigenvalue weighted by atomic mass is 19.4. The van der Waals surface area contributed by atoms with Crippen molar-refractivity contribution in [3.05, 3.63) is 60.2 Å². The zero-order chi connectivity index (χ0) is 27.1. The molecule has 0 spiro atoms. The lowest BCUT2D eigenvalue weighted by Crippen LogP contribution is -2.54. The van der Waals surface area contributed by atoms with Gasteiger partial charge in [0.15, 0.2) is 0 Å². The molecule has 0 bridgehead atoms. The van der Waals surface area contributed by atoms with Gasteiger partial charge in [-0.3, -0.25) is 24.2 Å². The molecular formula is C26H25F3N2O6. The number of hydrogen-bond donors (Lipinski definition) is 1. The summed E-state index contributed by atoms with van der Waals surface area (Å²) in [6.07, 6.45) is -3.76. The number of rotatable bonds is 3. The molecule has 8 nitrogen and oxygen atoms in total. The van der Waals surface area contributed by atoms with Crippen molar-refractivity contribution in [2.24, 2.45) is 11.8 Å². The van der Waals surface area contributed by atoms with E-state index in [1.54, 1.807) is 0 Å². The number of halogens is 3. The van der Waals surface area contributed by atoms with Crippen molar-refractivity contribution in [2.75, 3.05) is 20.7 Å². The van der Waals surface area contributed by atoms with Crippen LogP contribution in [0.25, 0.3) is 11.1 Å². The Labute approximate surface area is 210 Å². The third kappa shape index (κ3) is 4.26. The number of carbonyl (C=O) groups is 4. The number of aliphatic carboxylic acids is 1. The SMILES string of the molecule is COC(=O)[C@@]12CCCN1C(c1ccc(-c3ccccc3)cc1)C1C(=O)N(C)C(=O)C12.O=C(O)C(F)(F)F. The number of carboxylic acid groups (broad SMARTS) is 1. The molecule has 0 saturated carbocycles. The van der Waals surface area contributed by atoms with Crippen LogP contribution in [0, 0.1) is 11.8 Å². The van der Waals surface area contributed by atoms with E-state index in [4.69, 9.17) is 14.6 Å². The van der Waals surface area contributed by atoms with Crippen LogP contribution >= 0.6 is 0 Å². The number of ether oxygens (including phenoxy) is 1. The lowest BCUT2D eigenvalue weighted by molar-refractivity contribution is -0.192. The maximum absolute atomic E-state index is 13.1. The molecule has 196 valence electrons. The minimum absolute atomic E-state index is 0.209. The second kappa shape index (κ2) is 9.62. The maximum atomic E-state index is 13.1. The number of amides is 2. The lowest BCUT2D eigenvalue weighted by Gasteiger charge is -2.35. The van der Waals surface area contributed by atoms with Gasteiger partial charge in [-0.2, -0.15) is 13.2 Å². The van der Waals surface area contributed by atoms with Crippen molar-refractivity contribution in [2.45, 2.75) is 30.6 Å². The summed E-state index contributed by atoms with van der Waals surface area (Å²) in [6, 6.07) is 17.9. The Hall–Kier alpha value is -3.73. The summed E-state index contributed by atoms with van der Waals surface area (Å²) in [5.74, 6) is -4.90. The van der Waals surface area contributed by atoms with Gasteiger partial charge in [-0.25, -0.2) is 4.79 Å². The summed E-state index contributed by atoms with van der Waals surface area (Å²) < 4.78 is 36.9. The molecule has 3 saturated heterocycles. The Morgan fingerprint density at radius 2 is 1.57 bits per heavy atom. The Morgan fingerprint density at radius 3 is 2.11 bits per heavy atom. The van der Waals surface area contributed by atoms with Crippen LogP contribution in [0.4, 0.5) is 13.2 Å². The quantitative estimate of drug-likeness (QED) is 0.491. The number of esters is 1. The number of likely N-dealkylation sites (tertiary alicyclic amines) is 1. The molecule has 2 amide bonds. The van der Waals surface area contributed by atoms with Crippen LogP contribution in [0.1, 0.15) is 24.4 Å². The van der Waals surface area contributed by atoms with Crippen molar-refractivity contribution in [3.63, 3.8) is 0 Å². The summed E-state index contributed by atoms with van der Waals surface area (Å²) in [4.78, 5) is 51.3. The predicted molar refractivity (Wildman–Crippen MR) is 124 cm³/mol. The van der Waals surface area contributed by atoms with E-state index in [1.165, 1.54) is 19.1 Å². The first kappa shape index (κ1) is 26.3. The Bertz CT molecular complexity index is 1220. The Morgan fingerprint density at radius 1 is 1.00 bits per heavy atom. The minimum atomic E-state index is -5.08. The van der Waals surface area contributed by atoms with Crippen LogP contribution in [0.15, 0.2) is 54.6 Å². The number of hydrogen-bond acceptors (Lipinski definition) is 6. The minimum Gasteiger partial charge on any atom is -0.475 e. The van der Waals surface area contributed by atoms with E-state index in [0.717, 1.165) is 23.1 Å². The molecule has 3 unspecified atom stereocenters. The molecule has 37 heavy (non-hydrogen) atoms. The van der Waals surface area contributed by atoms with Crippen molar-refractivity contribution in [3.8, 4) is 11.1 Å². The standard InChI is InChI=1S/C24H24N2O4.C2HF3O2/c1-25-21(27)18-19(22(25)28)24(23(29)30-2)13-6-14-26(24)20(18)17-11-9-16(10-12-17)15-7-4-3-5-8-15;3-2(4,5)1(6)7/h3-5,7-12,18-20H,6,13-14H2,1-2H3;(H,6,7)/t18?,19?,20?,24-;/m0./s1. The molecule has 0 aromatic heterocycles. The number of carboxylic acids is 1. The first-order chi connectivity index (χ1) is 17.4. The molecule has 3 fully saturated rings. The van der Waals surface area contributed by atoms with E-state index in [-0.39, 0.29) is 17.9 Å². The molecule has 3 heterocycles. The normalized spacial score (nSPS) is 26.8. The van der Waals surface area contributed by atoms with Crippen LogP contribution in [-0.4, -0.2) is 71.1 Å². The fourth-order valence-electron chi connectivity index (χ4n) is 5.85. The van der Waals surface area contributed by atoms with E-state index in [0.29, 0.717) is 13.0 Å². The largest absolute Gasteiger partial charge is 0.490 e. The lowest BCUT2D eigenvalue weighted by atomic mass is 9.77. The van der Waals surface area contributed by atoms with Gasteiger partial charge in [0.05, 0.1) is 18.9 Å². The van der Waals surface area contributed by atoms with Crippen LogP contribution in [0.5, 0.6) is 0 Å². The van der Waals surface area contributed by atoms with Crippen LogP contribution in [0.2, 0.25) is 0 Å². The fourth-order valence-corrected chi connectivity index (χ4v) is 5.85. The van der Waals surface area contributed by atoms with E-state index >= 15 is 0 Å². The van der Waals surface area contributed by atoms with E-state index < -0.39 is 35.5 Å².